The van der Waals surface area contributed by atoms with Crippen LogP contribution in [0.4, 0.5) is 0 Å². The number of carboxylic acid groups (broad SMARTS) is 1. The van der Waals surface area contributed by atoms with Crippen LogP contribution >= 0.6 is 0 Å². The minimum Gasteiger partial charge on any atom is -0.480 e. The molecule has 0 aliphatic heterocycles. The Morgan fingerprint density at radius 2 is 2.19 bits per heavy atom. The van der Waals surface area contributed by atoms with Crippen LogP contribution in [0.1, 0.15) is 32.6 Å². The van der Waals surface area contributed by atoms with Crippen molar-refractivity contribution in [3.8, 4) is 6.07 Å². The van der Waals surface area contributed by atoms with Crippen LogP contribution < -0.4 is 10.6 Å². The third kappa shape index (κ3) is 3.75. The minimum absolute atomic E-state index is 0.0914. The number of hydrogen-bond acceptors (Lipinski definition) is 4. The lowest BCUT2D eigenvalue weighted by molar-refractivity contribution is -0.137. The van der Waals surface area contributed by atoms with Crippen LogP contribution in [0.15, 0.2) is 11.8 Å². The van der Waals surface area contributed by atoms with Crippen molar-refractivity contribution in [3.63, 3.8) is 0 Å². The molecule has 0 aromatic heterocycles. The zero-order valence-electron chi connectivity index (χ0n) is 12.1. The Hall–Kier alpha value is -2.03. The number of nitriles is 1. The highest BCUT2D eigenvalue weighted by molar-refractivity contribution is 5.98. The Morgan fingerprint density at radius 3 is 2.71 bits per heavy atom. The lowest BCUT2D eigenvalue weighted by Crippen LogP contribution is -2.35. The monoisotopic (exact) mass is 291 g/mol. The molecule has 0 aromatic rings. The molecule has 6 nitrogen and oxygen atoms in total. The molecule has 2 fully saturated rings. The maximum absolute atomic E-state index is 11.6. The number of nitrogens with zero attached hydrogens (tertiary/aromatic N) is 1. The quantitative estimate of drug-likeness (QED) is 0.500. The predicted molar refractivity (Wildman–Crippen MR) is 75.9 cm³/mol. The highest BCUT2D eigenvalue weighted by Gasteiger charge is 2.41. The van der Waals surface area contributed by atoms with Gasteiger partial charge in [-0.2, -0.15) is 5.26 Å². The number of carboxylic acids is 1. The van der Waals surface area contributed by atoms with E-state index < -0.39 is 18.4 Å². The summed E-state index contributed by atoms with van der Waals surface area (Å²) in [4.78, 5) is 22.0. The number of carbonyl (C=O) groups excluding carboxylic acids is 1. The molecule has 2 saturated carbocycles. The van der Waals surface area contributed by atoms with Crippen molar-refractivity contribution in [2.75, 3.05) is 6.54 Å². The molecule has 114 valence electrons. The summed E-state index contributed by atoms with van der Waals surface area (Å²) in [6, 6.07) is 2.02. The van der Waals surface area contributed by atoms with Gasteiger partial charge in [-0.15, -0.1) is 0 Å². The average molecular weight is 291 g/mol. The van der Waals surface area contributed by atoms with Crippen molar-refractivity contribution in [2.24, 2.45) is 17.8 Å². The highest BCUT2D eigenvalue weighted by Crippen LogP contribution is 2.49. The van der Waals surface area contributed by atoms with Crippen molar-refractivity contribution in [2.45, 2.75) is 38.6 Å². The second-order valence-electron chi connectivity index (χ2n) is 6.04. The number of rotatable bonds is 6. The second kappa shape index (κ2) is 6.61. The molecule has 4 atom stereocenters. The fourth-order valence-corrected chi connectivity index (χ4v) is 3.64. The zero-order chi connectivity index (χ0) is 15.4. The van der Waals surface area contributed by atoms with Gasteiger partial charge in [0.15, 0.2) is 0 Å². The van der Waals surface area contributed by atoms with Gasteiger partial charge in [0, 0.05) is 12.2 Å². The van der Waals surface area contributed by atoms with E-state index >= 15 is 0 Å². The van der Waals surface area contributed by atoms with Crippen molar-refractivity contribution < 1.29 is 14.7 Å². The van der Waals surface area contributed by atoms with E-state index in [0.717, 1.165) is 11.8 Å². The number of carbonyl (C=O) groups is 2. The summed E-state index contributed by atoms with van der Waals surface area (Å²) < 4.78 is 0. The van der Waals surface area contributed by atoms with Crippen LogP contribution in [-0.4, -0.2) is 29.6 Å². The first kappa shape index (κ1) is 15.4. The van der Waals surface area contributed by atoms with Gasteiger partial charge in [-0.25, -0.2) is 0 Å². The highest BCUT2D eigenvalue weighted by atomic mass is 16.4. The summed E-state index contributed by atoms with van der Waals surface area (Å²) in [5.74, 6) is 0.415. The maximum atomic E-state index is 11.6. The molecule has 21 heavy (non-hydrogen) atoms. The van der Waals surface area contributed by atoms with Gasteiger partial charge < -0.3 is 15.7 Å². The summed E-state index contributed by atoms with van der Waals surface area (Å²) >= 11 is 0. The van der Waals surface area contributed by atoms with Gasteiger partial charge in [-0.05, 0) is 43.9 Å². The van der Waals surface area contributed by atoms with Crippen LogP contribution in [0.3, 0.4) is 0 Å². The van der Waals surface area contributed by atoms with Crippen molar-refractivity contribution in [1.29, 1.82) is 5.26 Å². The Morgan fingerprint density at radius 1 is 1.43 bits per heavy atom. The van der Waals surface area contributed by atoms with E-state index in [4.69, 9.17) is 10.4 Å². The Kier molecular flexibility index (Phi) is 4.84. The number of fused-ring (bicyclic) bond motifs is 2. The number of amides is 1. The molecule has 6 heteroatoms. The number of hydrogen-bond donors (Lipinski definition) is 3. The molecule has 2 aliphatic rings. The van der Waals surface area contributed by atoms with Gasteiger partial charge >= 0.3 is 5.97 Å². The second-order valence-corrected chi connectivity index (χ2v) is 6.04. The molecule has 0 aromatic carbocycles. The smallest absolute Gasteiger partial charge is 0.322 e. The first-order chi connectivity index (χ1) is 10.0. The average Bonchev–Trinajstić information content (AvgIpc) is 3.08. The molecule has 3 N–H and O–H groups in total. The van der Waals surface area contributed by atoms with Gasteiger partial charge in [0.25, 0.3) is 5.91 Å². The largest absolute Gasteiger partial charge is 0.480 e. The fraction of sp³-hybridized carbons (Fsp3) is 0.667. The third-order valence-electron chi connectivity index (χ3n) is 4.69. The van der Waals surface area contributed by atoms with Crippen LogP contribution in [0.25, 0.3) is 0 Å². The minimum atomic E-state index is -1.14. The normalized spacial score (nSPS) is 28.8. The van der Waals surface area contributed by atoms with Gasteiger partial charge in [0.1, 0.15) is 18.2 Å². The van der Waals surface area contributed by atoms with Crippen LogP contribution in [0.2, 0.25) is 0 Å². The van der Waals surface area contributed by atoms with E-state index in [1.807, 2.05) is 0 Å². The first-order valence-electron chi connectivity index (χ1n) is 7.37. The third-order valence-corrected chi connectivity index (χ3v) is 4.69. The predicted octanol–water partition coefficient (Wildman–Crippen LogP) is 1.01. The number of aliphatic carboxylic acids is 1. The van der Waals surface area contributed by atoms with Gasteiger partial charge in [0.05, 0.1) is 0 Å². The topological polar surface area (TPSA) is 102 Å². The van der Waals surface area contributed by atoms with E-state index in [1.165, 1.54) is 31.9 Å². The van der Waals surface area contributed by atoms with Crippen molar-refractivity contribution in [1.82, 2.24) is 10.6 Å². The molecular weight excluding hydrogens is 270 g/mol. The molecule has 4 unspecified atom stereocenters. The van der Waals surface area contributed by atoms with E-state index in [1.54, 1.807) is 6.07 Å². The number of nitrogens with one attached hydrogen (secondary N) is 2. The standard InChI is InChI=1S/C15H21N3O3/c1-9(13-5-10-2-3-11(13)4-10)17-7-12(6-16)15(21)18-8-14(19)20/h7,9-11,13,17H,2-5,8H2,1H3,(H,18,21)(H,19,20)/b12-7-. The summed E-state index contributed by atoms with van der Waals surface area (Å²) in [5, 5.41) is 22.8. The molecule has 0 radical (unpaired) electrons. The molecule has 0 spiro atoms. The van der Waals surface area contributed by atoms with Crippen LogP contribution in [0.5, 0.6) is 0 Å². The summed E-state index contributed by atoms with van der Waals surface area (Å²) in [5.41, 5.74) is -0.0914. The van der Waals surface area contributed by atoms with Crippen molar-refractivity contribution >= 4 is 11.9 Å². The molecule has 0 heterocycles. The van der Waals surface area contributed by atoms with E-state index in [-0.39, 0.29) is 11.6 Å². The molecule has 2 bridgehead atoms. The SMILES string of the molecule is CC(N/C=C(/C#N)C(=O)NCC(=O)O)C1CC2CCC1C2. The molecule has 0 saturated heterocycles. The Balaban J connectivity index is 1.87. The zero-order valence-corrected chi connectivity index (χ0v) is 12.1. The maximum Gasteiger partial charge on any atom is 0.322 e. The summed E-state index contributed by atoms with van der Waals surface area (Å²) in [6.45, 7) is 1.59. The van der Waals surface area contributed by atoms with E-state index in [0.29, 0.717) is 5.92 Å². The molecular formula is C15H21N3O3. The fourth-order valence-electron chi connectivity index (χ4n) is 3.64. The Labute approximate surface area is 124 Å². The summed E-state index contributed by atoms with van der Waals surface area (Å²) in [7, 11) is 0. The van der Waals surface area contributed by atoms with Gasteiger partial charge in [-0.3, -0.25) is 9.59 Å². The Bertz CT molecular complexity index is 495. The van der Waals surface area contributed by atoms with E-state index in [9.17, 15) is 9.59 Å². The van der Waals surface area contributed by atoms with Gasteiger partial charge in [-0.1, -0.05) is 6.42 Å². The molecule has 1 amide bonds. The van der Waals surface area contributed by atoms with Crippen LogP contribution in [-0.2, 0) is 9.59 Å². The molecule has 2 aliphatic carbocycles. The summed E-state index contributed by atoms with van der Waals surface area (Å²) in [6.07, 6.45) is 6.57. The van der Waals surface area contributed by atoms with Gasteiger partial charge in [0.2, 0.25) is 0 Å². The lowest BCUT2D eigenvalue weighted by Gasteiger charge is -2.28. The van der Waals surface area contributed by atoms with Crippen molar-refractivity contribution in [3.05, 3.63) is 11.8 Å². The molecule has 2 rings (SSSR count). The van der Waals surface area contributed by atoms with E-state index in [2.05, 4.69) is 17.6 Å². The van der Waals surface area contributed by atoms with Crippen LogP contribution in [0, 0.1) is 29.1 Å². The first-order valence-corrected chi connectivity index (χ1v) is 7.37. The lowest BCUT2D eigenvalue weighted by atomic mass is 9.84.